The fourth-order valence-corrected chi connectivity index (χ4v) is 2.34. The van der Waals surface area contributed by atoms with Crippen LogP contribution in [-0.4, -0.2) is 15.8 Å². The number of H-pyrrole nitrogens is 1. The molecule has 2 aromatic heterocycles. The smallest absolute Gasteiger partial charge is 0.196 e. The lowest BCUT2D eigenvalue weighted by Gasteiger charge is -2.03. The molecule has 0 saturated heterocycles. The van der Waals surface area contributed by atoms with Gasteiger partial charge < -0.3 is 4.98 Å². The van der Waals surface area contributed by atoms with Crippen LogP contribution in [0.2, 0.25) is 10.0 Å². The summed E-state index contributed by atoms with van der Waals surface area (Å²) in [5.74, 6) is -0.174. The van der Waals surface area contributed by atoms with Crippen molar-refractivity contribution >= 4 is 40.0 Å². The zero-order chi connectivity index (χ0) is 13.4. The van der Waals surface area contributed by atoms with Crippen LogP contribution in [0.5, 0.6) is 0 Å². The first-order valence-electron chi connectivity index (χ1n) is 5.58. The van der Waals surface area contributed by atoms with E-state index >= 15 is 0 Å². The maximum Gasteiger partial charge on any atom is 0.196 e. The van der Waals surface area contributed by atoms with Gasteiger partial charge in [-0.3, -0.25) is 4.79 Å². The van der Waals surface area contributed by atoms with E-state index in [9.17, 15) is 4.79 Å². The van der Waals surface area contributed by atoms with Crippen LogP contribution < -0.4 is 0 Å². The third kappa shape index (κ3) is 2.11. The van der Waals surface area contributed by atoms with Gasteiger partial charge in [0.05, 0.1) is 5.02 Å². The maximum atomic E-state index is 12.5. The summed E-state index contributed by atoms with van der Waals surface area (Å²) in [4.78, 5) is 19.6. The molecule has 0 aliphatic carbocycles. The van der Waals surface area contributed by atoms with Gasteiger partial charge in [0, 0.05) is 33.9 Å². The van der Waals surface area contributed by atoms with E-state index < -0.39 is 0 Å². The molecule has 0 fully saturated rings. The second-order valence-corrected chi connectivity index (χ2v) is 4.90. The third-order valence-corrected chi connectivity index (χ3v) is 3.43. The highest BCUT2D eigenvalue weighted by Crippen LogP contribution is 2.26. The van der Waals surface area contributed by atoms with Gasteiger partial charge in [0.25, 0.3) is 0 Å². The Morgan fingerprint density at radius 3 is 2.84 bits per heavy atom. The maximum absolute atomic E-state index is 12.5. The van der Waals surface area contributed by atoms with Crippen molar-refractivity contribution in [3.05, 3.63) is 63.9 Å². The molecular formula is C14H8Cl2N2O. The molecule has 0 atom stereocenters. The number of benzene rings is 1. The van der Waals surface area contributed by atoms with E-state index in [4.69, 9.17) is 23.2 Å². The Morgan fingerprint density at radius 1 is 1.16 bits per heavy atom. The average Bonchev–Trinajstić information content (AvgIpc) is 2.84. The quantitative estimate of drug-likeness (QED) is 0.722. The van der Waals surface area contributed by atoms with Crippen molar-refractivity contribution in [3.8, 4) is 0 Å². The lowest BCUT2D eigenvalue weighted by Crippen LogP contribution is -2.01. The molecule has 0 radical (unpaired) electrons. The predicted octanol–water partition coefficient (Wildman–Crippen LogP) is 4.10. The summed E-state index contributed by atoms with van der Waals surface area (Å²) in [6, 6.07) is 8.46. The molecule has 94 valence electrons. The molecular weight excluding hydrogens is 283 g/mol. The zero-order valence-electron chi connectivity index (χ0n) is 9.65. The summed E-state index contributed by atoms with van der Waals surface area (Å²) in [5.41, 5.74) is 1.59. The molecule has 1 N–H and O–H groups in total. The number of rotatable bonds is 2. The molecule has 3 aromatic rings. The molecule has 5 heteroatoms. The number of hydrogen-bond acceptors (Lipinski definition) is 2. The summed E-state index contributed by atoms with van der Waals surface area (Å²) < 4.78 is 0. The van der Waals surface area contributed by atoms with Gasteiger partial charge in [0.2, 0.25) is 0 Å². The van der Waals surface area contributed by atoms with Gasteiger partial charge in [0.15, 0.2) is 5.78 Å². The summed E-state index contributed by atoms with van der Waals surface area (Å²) in [6.07, 6.45) is 3.30. The number of aromatic amines is 1. The van der Waals surface area contributed by atoms with Gasteiger partial charge in [-0.25, -0.2) is 4.98 Å². The molecule has 0 unspecified atom stereocenters. The van der Waals surface area contributed by atoms with E-state index in [1.807, 2.05) is 6.07 Å². The molecule has 0 amide bonds. The average molecular weight is 291 g/mol. The number of fused-ring (bicyclic) bond motifs is 1. The van der Waals surface area contributed by atoms with Crippen molar-refractivity contribution in [3.63, 3.8) is 0 Å². The molecule has 2 heterocycles. The summed E-state index contributed by atoms with van der Waals surface area (Å²) in [7, 11) is 0. The fourth-order valence-electron chi connectivity index (χ4n) is 1.96. The highest BCUT2D eigenvalue weighted by atomic mass is 35.5. The molecule has 0 spiro atoms. The molecule has 3 nitrogen and oxygen atoms in total. The molecule has 1 aromatic carbocycles. The molecule has 0 bridgehead atoms. The Kier molecular flexibility index (Phi) is 3.01. The number of aromatic nitrogens is 2. The first-order chi connectivity index (χ1) is 9.16. The van der Waals surface area contributed by atoms with Crippen molar-refractivity contribution in [1.29, 1.82) is 0 Å². The topological polar surface area (TPSA) is 45.8 Å². The SMILES string of the molecule is O=C(c1cc(Cl)ccc1Cl)c1c[nH]c2ncccc12. The Hall–Kier alpha value is -1.84. The summed E-state index contributed by atoms with van der Waals surface area (Å²) in [5, 5.41) is 1.63. The van der Waals surface area contributed by atoms with Gasteiger partial charge in [0.1, 0.15) is 5.65 Å². The number of pyridine rings is 1. The number of nitrogens with one attached hydrogen (secondary N) is 1. The van der Waals surface area contributed by atoms with E-state index in [2.05, 4.69) is 9.97 Å². The second-order valence-electron chi connectivity index (χ2n) is 4.06. The lowest BCUT2D eigenvalue weighted by molar-refractivity contribution is 0.104. The number of carbonyl (C=O) groups is 1. The number of hydrogen-bond donors (Lipinski definition) is 1. The Balaban J connectivity index is 2.16. The van der Waals surface area contributed by atoms with Gasteiger partial charge in [-0.15, -0.1) is 0 Å². The number of carbonyl (C=O) groups excluding carboxylic acids is 1. The van der Waals surface area contributed by atoms with Crippen LogP contribution >= 0.6 is 23.2 Å². The highest BCUT2D eigenvalue weighted by molar-refractivity contribution is 6.37. The summed E-state index contributed by atoms with van der Waals surface area (Å²) >= 11 is 12.0. The van der Waals surface area contributed by atoms with Gasteiger partial charge in [-0.1, -0.05) is 23.2 Å². The Bertz CT molecular complexity index is 780. The normalized spacial score (nSPS) is 10.8. The first kappa shape index (κ1) is 12.2. The van der Waals surface area contributed by atoms with Crippen molar-refractivity contribution in [2.24, 2.45) is 0 Å². The molecule has 0 aliphatic heterocycles. The molecule has 0 aliphatic rings. The first-order valence-corrected chi connectivity index (χ1v) is 6.34. The minimum Gasteiger partial charge on any atom is -0.345 e. The minimum atomic E-state index is -0.174. The van der Waals surface area contributed by atoms with Crippen LogP contribution in [0.15, 0.2) is 42.7 Å². The minimum absolute atomic E-state index is 0.174. The fraction of sp³-hybridized carbons (Fsp3) is 0. The van der Waals surface area contributed by atoms with Gasteiger partial charge in [-0.2, -0.15) is 0 Å². The highest BCUT2D eigenvalue weighted by Gasteiger charge is 2.17. The van der Waals surface area contributed by atoms with E-state index in [0.29, 0.717) is 26.8 Å². The van der Waals surface area contributed by atoms with E-state index in [1.165, 1.54) is 0 Å². The van der Waals surface area contributed by atoms with Gasteiger partial charge in [-0.05, 0) is 30.3 Å². The predicted molar refractivity (Wildman–Crippen MR) is 76.0 cm³/mol. The van der Waals surface area contributed by atoms with Crippen molar-refractivity contribution in [2.45, 2.75) is 0 Å². The summed E-state index contributed by atoms with van der Waals surface area (Å²) in [6.45, 7) is 0. The van der Waals surface area contributed by atoms with E-state index in [1.54, 1.807) is 36.7 Å². The van der Waals surface area contributed by atoms with E-state index in [-0.39, 0.29) is 5.78 Å². The van der Waals surface area contributed by atoms with Gasteiger partial charge >= 0.3 is 0 Å². The zero-order valence-corrected chi connectivity index (χ0v) is 11.2. The molecule has 0 saturated carbocycles. The van der Waals surface area contributed by atoms with Crippen LogP contribution in [0.3, 0.4) is 0 Å². The Morgan fingerprint density at radius 2 is 2.00 bits per heavy atom. The second kappa shape index (κ2) is 4.68. The lowest BCUT2D eigenvalue weighted by atomic mass is 10.0. The molecule has 19 heavy (non-hydrogen) atoms. The van der Waals surface area contributed by atoms with Crippen LogP contribution in [-0.2, 0) is 0 Å². The van der Waals surface area contributed by atoms with Crippen LogP contribution in [0.25, 0.3) is 11.0 Å². The third-order valence-electron chi connectivity index (χ3n) is 2.87. The van der Waals surface area contributed by atoms with Crippen LogP contribution in [0.4, 0.5) is 0 Å². The van der Waals surface area contributed by atoms with Crippen LogP contribution in [0.1, 0.15) is 15.9 Å². The standard InChI is InChI=1S/C14H8Cl2N2O/c15-8-3-4-12(16)10(6-8)13(19)11-7-18-14-9(11)2-1-5-17-14/h1-7H,(H,17,18). The van der Waals surface area contributed by atoms with Crippen molar-refractivity contribution in [2.75, 3.05) is 0 Å². The number of halogens is 2. The van der Waals surface area contributed by atoms with Crippen molar-refractivity contribution in [1.82, 2.24) is 9.97 Å². The van der Waals surface area contributed by atoms with Crippen molar-refractivity contribution < 1.29 is 4.79 Å². The van der Waals surface area contributed by atoms with E-state index in [0.717, 1.165) is 5.39 Å². The molecule has 3 rings (SSSR count). The monoisotopic (exact) mass is 290 g/mol. The Labute approximate surface area is 119 Å². The van der Waals surface area contributed by atoms with Crippen LogP contribution in [0, 0.1) is 0 Å². The number of ketones is 1. The number of nitrogens with zero attached hydrogens (tertiary/aromatic N) is 1. The largest absolute Gasteiger partial charge is 0.345 e.